The summed E-state index contributed by atoms with van der Waals surface area (Å²) in [6.45, 7) is 6.09. The number of nitrogens with zero attached hydrogens (tertiary/aromatic N) is 3. The average Bonchev–Trinajstić information content (AvgIpc) is 2.92. The van der Waals surface area contributed by atoms with Crippen LogP contribution < -0.4 is 21.1 Å². The molecular formula is C30H27BrN6O2. The molecule has 0 aliphatic carbocycles. The van der Waals surface area contributed by atoms with Crippen LogP contribution in [0.15, 0.2) is 83.6 Å². The summed E-state index contributed by atoms with van der Waals surface area (Å²) in [5.74, 6) is 1.69. The number of rotatable bonds is 7. The van der Waals surface area contributed by atoms with Crippen LogP contribution in [-0.2, 0) is 0 Å². The van der Waals surface area contributed by atoms with E-state index in [2.05, 4.69) is 55.4 Å². The number of carbonyl (C=O) groups excluding carboxylic acids is 1. The third kappa shape index (κ3) is 5.99. The van der Waals surface area contributed by atoms with Gasteiger partial charge in [0.25, 0.3) is 5.91 Å². The lowest BCUT2D eigenvalue weighted by Crippen LogP contribution is -2.12. The Bertz CT molecular complexity index is 1670. The Morgan fingerprint density at radius 1 is 0.974 bits per heavy atom. The SMILES string of the molecule is Cc1cc(Oc2ccc(C(=O)Nc3ccc(Br)cc3)cc2Nc2ncnc3nc(C(C)C)ccc23)ccc1N. The highest BCUT2D eigenvalue weighted by Gasteiger charge is 2.15. The lowest BCUT2D eigenvalue weighted by Gasteiger charge is -2.16. The molecule has 0 spiro atoms. The summed E-state index contributed by atoms with van der Waals surface area (Å²) in [4.78, 5) is 26.6. The first kappa shape index (κ1) is 26.1. The van der Waals surface area contributed by atoms with Gasteiger partial charge >= 0.3 is 0 Å². The van der Waals surface area contributed by atoms with E-state index in [1.807, 2.05) is 49.4 Å². The largest absolute Gasteiger partial charge is 0.455 e. The van der Waals surface area contributed by atoms with Gasteiger partial charge in [0.2, 0.25) is 0 Å². The molecule has 0 bridgehead atoms. The number of hydrogen-bond acceptors (Lipinski definition) is 7. The predicted octanol–water partition coefficient (Wildman–Crippen LogP) is 7.59. The fraction of sp³-hybridized carbons (Fsp3) is 0.133. The summed E-state index contributed by atoms with van der Waals surface area (Å²) < 4.78 is 7.16. The number of nitrogens with two attached hydrogens (primary N) is 1. The zero-order valence-electron chi connectivity index (χ0n) is 21.7. The smallest absolute Gasteiger partial charge is 0.255 e. The number of halogens is 1. The first-order chi connectivity index (χ1) is 18.8. The fourth-order valence-corrected chi connectivity index (χ4v) is 4.20. The molecule has 8 nitrogen and oxygen atoms in total. The van der Waals surface area contributed by atoms with Crippen molar-refractivity contribution in [3.05, 3.63) is 100 Å². The summed E-state index contributed by atoms with van der Waals surface area (Å²) in [5, 5.41) is 7.03. The maximum atomic E-state index is 13.1. The van der Waals surface area contributed by atoms with E-state index < -0.39 is 0 Å². The molecule has 0 radical (unpaired) electrons. The second kappa shape index (κ2) is 11.1. The standard InChI is InChI=1S/C30H27BrN6O2/c1-17(2)25-12-10-23-28(36-25)33-16-34-29(23)37-26-15-19(30(38)35-21-7-5-20(31)6-8-21)4-13-27(26)39-22-9-11-24(32)18(3)14-22/h4-17H,32H2,1-3H3,(H,35,38)(H,33,34,36,37). The van der Waals surface area contributed by atoms with E-state index in [4.69, 9.17) is 10.5 Å². The van der Waals surface area contributed by atoms with Crippen molar-refractivity contribution in [2.75, 3.05) is 16.4 Å². The van der Waals surface area contributed by atoms with Gasteiger partial charge in [-0.05, 0) is 91.2 Å². The summed E-state index contributed by atoms with van der Waals surface area (Å²) in [7, 11) is 0. The quantitative estimate of drug-likeness (QED) is 0.169. The van der Waals surface area contributed by atoms with E-state index >= 15 is 0 Å². The second-order valence-electron chi connectivity index (χ2n) is 9.40. The monoisotopic (exact) mass is 582 g/mol. The topological polar surface area (TPSA) is 115 Å². The third-order valence-corrected chi connectivity index (χ3v) is 6.70. The lowest BCUT2D eigenvalue weighted by atomic mass is 10.1. The van der Waals surface area contributed by atoms with Crippen LogP contribution in [0, 0.1) is 6.92 Å². The Kier molecular flexibility index (Phi) is 7.42. The third-order valence-electron chi connectivity index (χ3n) is 6.18. The van der Waals surface area contributed by atoms with Gasteiger partial charge in [0, 0.05) is 27.1 Å². The van der Waals surface area contributed by atoms with Gasteiger partial charge < -0.3 is 21.1 Å². The van der Waals surface area contributed by atoms with Crippen molar-refractivity contribution in [2.24, 2.45) is 0 Å². The number of pyridine rings is 1. The van der Waals surface area contributed by atoms with E-state index in [-0.39, 0.29) is 11.8 Å². The Labute approximate surface area is 234 Å². The Morgan fingerprint density at radius 3 is 2.51 bits per heavy atom. The summed E-state index contributed by atoms with van der Waals surface area (Å²) >= 11 is 3.41. The number of benzene rings is 3. The minimum atomic E-state index is -0.258. The molecule has 5 rings (SSSR count). The molecule has 0 fully saturated rings. The highest BCUT2D eigenvalue weighted by atomic mass is 79.9. The molecule has 5 aromatic rings. The molecule has 0 aliphatic rings. The van der Waals surface area contributed by atoms with Crippen molar-refractivity contribution in [3.8, 4) is 11.5 Å². The minimum absolute atomic E-state index is 0.258. The normalized spacial score (nSPS) is 11.0. The number of nitrogen functional groups attached to an aromatic ring is 1. The summed E-state index contributed by atoms with van der Waals surface area (Å²) in [5.41, 5.74) is 10.8. The highest BCUT2D eigenvalue weighted by molar-refractivity contribution is 9.10. The molecule has 0 unspecified atom stereocenters. The number of aromatic nitrogens is 3. The fourth-order valence-electron chi connectivity index (χ4n) is 3.94. The molecular weight excluding hydrogens is 556 g/mol. The Morgan fingerprint density at radius 2 is 1.77 bits per heavy atom. The van der Waals surface area contributed by atoms with E-state index in [1.165, 1.54) is 6.33 Å². The summed E-state index contributed by atoms with van der Waals surface area (Å²) in [6.07, 6.45) is 1.47. The van der Waals surface area contributed by atoms with Crippen molar-refractivity contribution in [2.45, 2.75) is 26.7 Å². The first-order valence-electron chi connectivity index (χ1n) is 12.4. The maximum Gasteiger partial charge on any atom is 0.255 e. The number of carbonyl (C=O) groups is 1. The number of fused-ring (bicyclic) bond motifs is 1. The maximum absolute atomic E-state index is 13.1. The van der Waals surface area contributed by atoms with Gasteiger partial charge in [0.1, 0.15) is 17.9 Å². The zero-order chi connectivity index (χ0) is 27.5. The van der Waals surface area contributed by atoms with Crippen molar-refractivity contribution < 1.29 is 9.53 Å². The van der Waals surface area contributed by atoms with E-state index in [0.29, 0.717) is 45.6 Å². The van der Waals surface area contributed by atoms with Gasteiger partial charge in [-0.25, -0.2) is 15.0 Å². The molecule has 0 saturated carbocycles. The van der Waals surface area contributed by atoms with Gasteiger partial charge in [0.05, 0.1) is 11.1 Å². The number of anilines is 4. The predicted molar refractivity (Wildman–Crippen MR) is 159 cm³/mol. The Hall–Kier alpha value is -4.50. The van der Waals surface area contributed by atoms with Crippen LogP contribution in [0.25, 0.3) is 11.0 Å². The molecule has 39 heavy (non-hydrogen) atoms. The highest BCUT2D eigenvalue weighted by Crippen LogP contribution is 2.35. The number of nitrogens with one attached hydrogen (secondary N) is 2. The van der Waals surface area contributed by atoms with E-state index in [9.17, 15) is 4.79 Å². The van der Waals surface area contributed by atoms with Crippen molar-refractivity contribution in [1.29, 1.82) is 0 Å². The molecule has 0 atom stereocenters. The van der Waals surface area contributed by atoms with Crippen molar-refractivity contribution >= 4 is 55.8 Å². The Balaban J connectivity index is 1.52. The van der Waals surface area contributed by atoms with Gasteiger partial charge in [-0.1, -0.05) is 29.8 Å². The lowest BCUT2D eigenvalue weighted by molar-refractivity contribution is 0.102. The average molecular weight is 583 g/mol. The number of aryl methyl sites for hydroxylation is 1. The van der Waals surface area contributed by atoms with Gasteiger partial charge in [-0.15, -0.1) is 0 Å². The number of ether oxygens (including phenoxy) is 1. The van der Waals surface area contributed by atoms with Crippen LogP contribution in [-0.4, -0.2) is 20.9 Å². The van der Waals surface area contributed by atoms with Crippen LogP contribution >= 0.6 is 15.9 Å². The second-order valence-corrected chi connectivity index (χ2v) is 10.3. The molecule has 196 valence electrons. The number of hydrogen-bond donors (Lipinski definition) is 3. The molecule has 2 heterocycles. The van der Waals surface area contributed by atoms with Crippen LogP contribution in [0.3, 0.4) is 0 Å². The minimum Gasteiger partial charge on any atom is -0.455 e. The zero-order valence-corrected chi connectivity index (χ0v) is 23.3. The van der Waals surface area contributed by atoms with Gasteiger partial charge in [-0.2, -0.15) is 0 Å². The van der Waals surface area contributed by atoms with E-state index in [1.54, 1.807) is 30.3 Å². The van der Waals surface area contributed by atoms with Crippen LogP contribution in [0.4, 0.5) is 22.9 Å². The first-order valence-corrected chi connectivity index (χ1v) is 13.2. The molecule has 2 aromatic heterocycles. The van der Waals surface area contributed by atoms with Crippen LogP contribution in [0.5, 0.6) is 11.5 Å². The van der Waals surface area contributed by atoms with Crippen molar-refractivity contribution in [3.63, 3.8) is 0 Å². The molecule has 0 saturated heterocycles. The van der Waals surface area contributed by atoms with Crippen LogP contribution in [0.2, 0.25) is 0 Å². The molecule has 1 amide bonds. The molecule has 9 heteroatoms. The van der Waals surface area contributed by atoms with E-state index in [0.717, 1.165) is 21.1 Å². The van der Waals surface area contributed by atoms with Crippen LogP contribution in [0.1, 0.15) is 41.4 Å². The van der Waals surface area contributed by atoms with Crippen molar-refractivity contribution in [1.82, 2.24) is 15.0 Å². The molecule has 3 aromatic carbocycles. The van der Waals surface area contributed by atoms with Gasteiger partial charge in [0.15, 0.2) is 11.4 Å². The van der Waals surface area contributed by atoms with Gasteiger partial charge in [-0.3, -0.25) is 4.79 Å². The summed E-state index contributed by atoms with van der Waals surface area (Å²) in [6, 6.07) is 22.0. The molecule has 0 aliphatic heterocycles. The molecule has 4 N–H and O–H groups in total. The number of amides is 1.